The number of esters is 1. The highest BCUT2D eigenvalue weighted by atomic mass is 16.5. The summed E-state index contributed by atoms with van der Waals surface area (Å²) in [6, 6.07) is -0.806. The highest BCUT2D eigenvalue weighted by Crippen LogP contribution is 2.01. The Kier molecular flexibility index (Phi) is 5.85. The van der Waals surface area contributed by atoms with Gasteiger partial charge in [0.15, 0.2) is 1.37 Å². The van der Waals surface area contributed by atoms with Gasteiger partial charge in [-0.1, -0.05) is 19.8 Å². The summed E-state index contributed by atoms with van der Waals surface area (Å²) in [7, 11) is 1.22. The minimum atomic E-state index is -0.908. The standard InChI is InChI=1S/C9H15N3O3/c1-3-4-5-7(9(14)15-2)12-8(13)6-11-10/h6-7H,3-5H2,1-2H3,(H,12,13)/t7-/m0/s1/i6D. The molecule has 6 nitrogen and oxygen atoms in total. The van der Waals surface area contributed by atoms with Crippen molar-refractivity contribution in [3.63, 3.8) is 0 Å². The van der Waals surface area contributed by atoms with Crippen LogP contribution in [0.1, 0.15) is 27.6 Å². The van der Waals surface area contributed by atoms with Gasteiger partial charge < -0.3 is 15.6 Å². The summed E-state index contributed by atoms with van der Waals surface area (Å²) in [5.41, 5.74) is 8.21. The van der Waals surface area contributed by atoms with E-state index in [4.69, 9.17) is 6.90 Å². The molecule has 0 heterocycles. The molecule has 1 atom stereocenters. The monoisotopic (exact) mass is 214 g/mol. The zero-order chi connectivity index (χ0) is 12.6. The van der Waals surface area contributed by atoms with Gasteiger partial charge in [0, 0.05) is 0 Å². The van der Waals surface area contributed by atoms with Crippen LogP contribution in [0.2, 0.25) is 0 Å². The van der Waals surface area contributed by atoms with Crippen LogP contribution in [0.3, 0.4) is 0 Å². The van der Waals surface area contributed by atoms with Gasteiger partial charge in [-0.25, -0.2) is 4.79 Å². The summed E-state index contributed by atoms with van der Waals surface area (Å²) >= 11 is 0. The minimum absolute atomic E-state index is 0.424. The van der Waals surface area contributed by atoms with Crippen molar-refractivity contribution in [2.24, 2.45) is 0 Å². The van der Waals surface area contributed by atoms with Gasteiger partial charge in [-0.15, -0.1) is 0 Å². The smallest absolute Gasteiger partial charge is 0.344 e. The largest absolute Gasteiger partial charge is 0.467 e. The average molecular weight is 214 g/mol. The van der Waals surface area contributed by atoms with Crippen molar-refractivity contribution < 1.29 is 20.5 Å². The van der Waals surface area contributed by atoms with E-state index in [2.05, 4.69) is 14.8 Å². The third-order valence-corrected chi connectivity index (χ3v) is 1.79. The van der Waals surface area contributed by atoms with Crippen LogP contribution in [0.5, 0.6) is 0 Å². The van der Waals surface area contributed by atoms with E-state index < -0.39 is 24.1 Å². The second-order valence-electron chi connectivity index (χ2n) is 2.90. The predicted octanol–water partition coefficient (Wildman–Crippen LogP) is 0.135. The van der Waals surface area contributed by atoms with Crippen LogP contribution in [0.4, 0.5) is 0 Å². The van der Waals surface area contributed by atoms with Gasteiger partial charge in [-0.05, 0) is 6.42 Å². The SMILES string of the molecule is [2H]C(=[N+]=[N-])C(=O)N[C@@H](CCCC)C(=O)OC. The molecule has 0 aliphatic carbocycles. The molecule has 0 spiro atoms. The highest BCUT2D eigenvalue weighted by Gasteiger charge is 2.21. The molecular weight excluding hydrogens is 198 g/mol. The first-order valence-electron chi connectivity index (χ1n) is 5.14. The van der Waals surface area contributed by atoms with Crippen molar-refractivity contribution in [1.29, 1.82) is 0 Å². The van der Waals surface area contributed by atoms with E-state index in [1.54, 1.807) is 0 Å². The summed E-state index contributed by atoms with van der Waals surface area (Å²) in [5.74, 6) is -1.48. The van der Waals surface area contributed by atoms with Crippen LogP contribution in [0, 0.1) is 0 Å². The summed E-state index contributed by atoms with van der Waals surface area (Å²) in [5, 5.41) is 2.26. The van der Waals surface area contributed by atoms with Gasteiger partial charge in [0.2, 0.25) is 0 Å². The molecule has 0 radical (unpaired) electrons. The van der Waals surface area contributed by atoms with Gasteiger partial charge >= 0.3 is 18.1 Å². The molecule has 15 heavy (non-hydrogen) atoms. The maximum Gasteiger partial charge on any atom is 0.344 e. The summed E-state index contributed by atoms with van der Waals surface area (Å²) < 4.78 is 11.4. The van der Waals surface area contributed by atoms with Crippen LogP contribution < -0.4 is 5.32 Å². The zero-order valence-electron chi connectivity index (χ0n) is 9.82. The Bertz CT molecular complexity index is 313. The number of hydrogen-bond acceptors (Lipinski definition) is 3. The molecule has 1 N–H and O–H groups in total. The van der Waals surface area contributed by atoms with E-state index in [-0.39, 0.29) is 0 Å². The van der Waals surface area contributed by atoms with Gasteiger partial charge in [0.05, 0.1) is 7.11 Å². The Hall–Kier alpha value is -1.68. The van der Waals surface area contributed by atoms with Gasteiger partial charge in [0.25, 0.3) is 0 Å². The first kappa shape index (κ1) is 11.4. The molecular formula is C9H15N3O3. The highest BCUT2D eigenvalue weighted by molar-refractivity contribution is 6.24. The van der Waals surface area contributed by atoms with Crippen LogP contribution in [0.25, 0.3) is 5.53 Å². The third-order valence-electron chi connectivity index (χ3n) is 1.79. The van der Waals surface area contributed by atoms with Crippen molar-refractivity contribution in [3.8, 4) is 0 Å². The fourth-order valence-electron chi connectivity index (χ4n) is 1.04. The van der Waals surface area contributed by atoms with Crippen LogP contribution in [0.15, 0.2) is 0 Å². The number of carbonyl (C=O) groups excluding carboxylic acids is 2. The molecule has 0 aromatic heterocycles. The quantitative estimate of drug-likeness (QED) is 0.295. The lowest BCUT2D eigenvalue weighted by Gasteiger charge is -2.13. The Labute approximate surface area is 89.6 Å². The fourth-order valence-corrected chi connectivity index (χ4v) is 1.04. The van der Waals surface area contributed by atoms with Crippen LogP contribution >= 0.6 is 0 Å². The second kappa shape index (κ2) is 7.70. The van der Waals surface area contributed by atoms with E-state index in [9.17, 15) is 9.59 Å². The predicted molar refractivity (Wildman–Crippen MR) is 53.2 cm³/mol. The fraction of sp³-hybridized carbons (Fsp3) is 0.667. The maximum absolute atomic E-state index is 11.3. The Morgan fingerprint density at radius 1 is 1.73 bits per heavy atom. The lowest BCUT2D eigenvalue weighted by molar-refractivity contribution is -0.144. The molecule has 0 rings (SSSR count). The number of methoxy groups -OCH3 is 1. The molecule has 0 aromatic carbocycles. The minimum Gasteiger partial charge on any atom is -0.467 e. The Balaban J connectivity index is 4.47. The third kappa shape index (κ3) is 5.59. The van der Waals surface area contributed by atoms with Gasteiger partial charge in [0.1, 0.15) is 6.04 Å². The average Bonchev–Trinajstić information content (AvgIpc) is 2.31. The molecule has 0 aromatic rings. The van der Waals surface area contributed by atoms with E-state index >= 15 is 0 Å². The number of rotatable bonds is 6. The second-order valence-corrected chi connectivity index (χ2v) is 2.90. The molecule has 0 saturated carbocycles. The lowest BCUT2D eigenvalue weighted by Crippen LogP contribution is -2.42. The van der Waals surface area contributed by atoms with E-state index in [0.29, 0.717) is 6.42 Å². The number of amides is 1. The van der Waals surface area contributed by atoms with Gasteiger partial charge in [-0.3, -0.25) is 4.79 Å². The number of nitrogens with one attached hydrogen (secondary N) is 1. The van der Waals surface area contributed by atoms with Crippen LogP contribution in [-0.2, 0) is 14.3 Å². The number of nitrogens with zero attached hydrogens (tertiary/aromatic N) is 2. The Morgan fingerprint density at radius 3 is 2.87 bits per heavy atom. The summed E-state index contributed by atoms with van der Waals surface area (Å²) in [6.45, 7) is 1.95. The maximum atomic E-state index is 11.3. The van der Waals surface area contributed by atoms with Crippen molar-refractivity contribution in [2.45, 2.75) is 32.2 Å². The molecule has 0 saturated heterocycles. The first-order chi connectivity index (χ1) is 7.56. The molecule has 1 amide bonds. The van der Waals surface area contributed by atoms with E-state index in [1.807, 2.05) is 6.92 Å². The molecule has 0 fully saturated rings. The molecule has 84 valence electrons. The van der Waals surface area contributed by atoms with Crippen molar-refractivity contribution in [2.75, 3.05) is 7.11 Å². The van der Waals surface area contributed by atoms with Gasteiger partial charge in [-0.2, -0.15) is 4.79 Å². The molecule has 6 heteroatoms. The van der Waals surface area contributed by atoms with Crippen molar-refractivity contribution in [3.05, 3.63) is 5.53 Å². The lowest BCUT2D eigenvalue weighted by atomic mass is 10.1. The van der Waals surface area contributed by atoms with E-state index in [1.165, 1.54) is 7.11 Å². The molecule has 0 aliphatic rings. The summed E-state index contributed by atoms with van der Waals surface area (Å²) in [6.07, 6.45) is 1.19. The topological polar surface area (TPSA) is 91.8 Å². The first-order valence-corrected chi connectivity index (χ1v) is 4.64. The normalized spacial score (nSPS) is 12.0. The molecule has 0 aliphatic heterocycles. The van der Waals surface area contributed by atoms with Crippen molar-refractivity contribution in [1.82, 2.24) is 5.32 Å². The van der Waals surface area contributed by atoms with Crippen LogP contribution in [-0.4, -0.2) is 36.0 Å². The number of hydrogen-bond donors (Lipinski definition) is 1. The number of unbranched alkanes of at least 4 members (excludes halogenated alkanes) is 1. The molecule has 0 unspecified atom stereocenters. The number of carbonyl (C=O) groups is 2. The zero-order valence-corrected chi connectivity index (χ0v) is 8.82. The molecule has 0 bridgehead atoms. The van der Waals surface area contributed by atoms with E-state index in [0.717, 1.165) is 12.8 Å². The Morgan fingerprint density at radius 2 is 2.40 bits per heavy atom. The summed E-state index contributed by atoms with van der Waals surface area (Å²) in [4.78, 5) is 24.9. The number of ether oxygens (including phenoxy) is 1. The van der Waals surface area contributed by atoms with Crippen molar-refractivity contribution >= 4 is 18.1 Å².